The molecule has 0 aliphatic carbocycles. The number of hydrogen-bond acceptors (Lipinski definition) is 7. The van der Waals surface area contributed by atoms with Gasteiger partial charge in [-0.05, 0) is 94.8 Å². The van der Waals surface area contributed by atoms with Crippen molar-refractivity contribution >= 4 is 83.8 Å². The van der Waals surface area contributed by atoms with E-state index in [4.69, 9.17) is 37.8 Å². The van der Waals surface area contributed by atoms with Crippen LogP contribution < -0.4 is 19.9 Å². The van der Waals surface area contributed by atoms with Crippen LogP contribution >= 0.6 is 50.9 Å². The van der Waals surface area contributed by atoms with Crippen molar-refractivity contribution in [2.75, 3.05) is 6.61 Å². The Kier molecular flexibility index (Phi) is 9.07. The fraction of sp³-hybridized carbons (Fsp3) is 0.120. The minimum Gasteiger partial charge on any atom is -0.490 e. The van der Waals surface area contributed by atoms with Gasteiger partial charge in [-0.1, -0.05) is 29.3 Å². The number of primary sulfonamides is 1. The van der Waals surface area contributed by atoms with Crippen LogP contribution in [-0.4, -0.2) is 26.1 Å². The van der Waals surface area contributed by atoms with Crippen molar-refractivity contribution < 1.29 is 22.7 Å². The molecule has 0 radical (unpaired) electrons. The SMILES string of the molecule is CCOc1cc(/C=C2\SC(=Nc3ccc(S(N)(=O)=O)cc3)NC2=O)cc(Br)c1OCc1ccc(Cl)cc1Cl. The van der Waals surface area contributed by atoms with Crippen LogP contribution in [0.2, 0.25) is 10.0 Å². The van der Waals surface area contributed by atoms with E-state index in [1.165, 1.54) is 24.3 Å². The molecule has 1 aliphatic heterocycles. The number of halogens is 3. The van der Waals surface area contributed by atoms with E-state index in [-0.39, 0.29) is 17.4 Å². The van der Waals surface area contributed by atoms with E-state index >= 15 is 0 Å². The molecule has 1 amide bonds. The second-order valence-electron chi connectivity index (χ2n) is 7.81. The summed E-state index contributed by atoms with van der Waals surface area (Å²) >= 11 is 16.9. The molecule has 38 heavy (non-hydrogen) atoms. The molecular formula is C25H20BrCl2N3O5S2. The van der Waals surface area contributed by atoms with Crippen LogP contribution in [0.25, 0.3) is 6.08 Å². The first-order valence-corrected chi connectivity index (χ1v) is 14.9. The third-order valence-corrected chi connectivity index (χ3v) is 8.08. The Labute approximate surface area is 242 Å². The molecule has 0 atom stereocenters. The van der Waals surface area contributed by atoms with Gasteiger partial charge in [-0.3, -0.25) is 4.79 Å². The summed E-state index contributed by atoms with van der Waals surface area (Å²) in [5, 5.41) is 9.21. The topological polar surface area (TPSA) is 120 Å². The van der Waals surface area contributed by atoms with E-state index in [0.717, 1.165) is 17.3 Å². The molecule has 0 saturated carbocycles. The second kappa shape index (κ2) is 12.1. The molecule has 1 fully saturated rings. The molecule has 0 spiro atoms. The predicted molar refractivity (Wildman–Crippen MR) is 155 cm³/mol. The normalized spacial score (nSPS) is 15.7. The molecule has 0 aromatic heterocycles. The van der Waals surface area contributed by atoms with Gasteiger partial charge >= 0.3 is 0 Å². The number of amidine groups is 1. The molecule has 0 bridgehead atoms. The molecule has 0 unspecified atom stereocenters. The molecule has 13 heteroatoms. The molecule has 198 valence electrons. The minimum absolute atomic E-state index is 0.0236. The van der Waals surface area contributed by atoms with Crippen LogP contribution in [0.1, 0.15) is 18.1 Å². The summed E-state index contributed by atoms with van der Waals surface area (Å²) in [6.45, 7) is 2.46. The van der Waals surface area contributed by atoms with Crippen LogP contribution in [0.5, 0.6) is 11.5 Å². The van der Waals surface area contributed by atoms with Gasteiger partial charge in [0.2, 0.25) is 10.0 Å². The van der Waals surface area contributed by atoms with E-state index < -0.39 is 10.0 Å². The first-order valence-electron chi connectivity index (χ1n) is 11.0. The molecule has 1 saturated heterocycles. The molecule has 3 aromatic rings. The fourth-order valence-electron chi connectivity index (χ4n) is 3.32. The summed E-state index contributed by atoms with van der Waals surface area (Å²) in [4.78, 5) is 17.3. The lowest BCUT2D eigenvalue weighted by molar-refractivity contribution is -0.115. The summed E-state index contributed by atoms with van der Waals surface area (Å²) in [7, 11) is -3.80. The van der Waals surface area contributed by atoms with Gasteiger partial charge in [0.25, 0.3) is 5.91 Å². The summed E-state index contributed by atoms with van der Waals surface area (Å²) in [5.74, 6) is 0.668. The molecule has 8 nitrogen and oxygen atoms in total. The Morgan fingerprint density at radius 1 is 1.11 bits per heavy atom. The fourth-order valence-corrected chi connectivity index (χ4v) is 5.72. The van der Waals surface area contributed by atoms with Gasteiger partial charge in [-0.15, -0.1) is 0 Å². The zero-order valence-electron chi connectivity index (χ0n) is 19.7. The molecule has 3 N–H and O–H groups in total. The highest BCUT2D eigenvalue weighted by Gasteiger charge is 2.24. The Hall–Kier alpha value is -2.54. The van der Waals surface area contributed by atoms with Crippen LogP contribution in [0.15, 0.2) is 73.9 Å². The van der Waals surface area contributed by atoms with Crippen LogP contribution in [-0.2, 0) is 21.4 Å². The summed E-state index contributed by atoms with van der Waals surface area (Å²) in [6.07, 6.45) is 1.71. The number of carbonyl (C=O) groups excluding carboxylic acids is 1. The Balaban J connectivity index is 1.54. The maximum absolute atomic E-state index is 12.6. The quantitative estimate of drug-likeness (QED) is 0.276. The minimum atomic E-state index is -3.80. The van der Waals surface area contributed by atoms with E-state index in [1.807, 2.05) is 13.0 Å². The number of nitrogens with zero attached hydrogens (tertiary/aromatic N) is 1. The zero-order valence-corrected chi connectivity index (χ0v) is 24.4. The van der Waals surface area contributed by atoms with E-state index in [0.29, 0.717) is 53.9 Å². The molecule has 3 aromatic carbocycles. The first kappa shape index (κ1) is 28.5. The van der Waals surface area contributed by atoms with E-state index in [2.05, 4.69) is 26.2 Å². The number of thioether (sulfide) groups is 1. The van der Waals surface area contributed by atoms with Gasteiger partial charge in [-0.2, -0.15) is 0 Å². The van der Waals surface area contributed by atoms with Crippen LogP contribution in [0, 0.1) is 0 Å². The summed E-state index contributed by atoms with van der Waals surface area (Å²) < 4.78 is 35.3. The lowest BCUT2D eigenvalue weighted by Gasteiger charge is -2.15. The third kappa shape index (κ3) is 7.10. The van der Waals surface area contributed by atoms with Gasteiger partial charge in [0.05, 0.1) is 26.6 Å². The average molecular weight is 657 g/mol. The van der Waals surface area contributed by atoms with Gasteiger partial charge in [-0.25, -0.2) is 18.5 Å². The number of ether oxygens (including phenoxy) is 2. The molecule has 4 rings (SSSR count). The smallest absolute Gasteiger partial charge is 0.264 e. The van der Waals surface area contributed by atoms with Crippen molar-refractivity contribution in [3.05, 3.63) is 85.1 Å². The molecule has 1 aliphatic rings. The number of amides is 1. The van der Waals surface area contributed by atoms with Gasteiger partial charge in [0.15, 0.2) is 16.7 Å². The lowest BCUT2D eigenvalue weighted by Crippen LogP contribution is -2.19. The van der Waals surface area contributed by atoms with Crippen molar-refractivity contribution in [3.63, 3.8) is 0 Å². The lowest BCUT2D eigenvalue weighted by atomic mass is 10.1. The number of aliphatic imine (C=N–C) groups is 1. The number of carbonyl (C=O) groups is 1. The highest BCUT2D eigenvalue weighted by atomic mass is 79.9. The van der Waals surface area contributed by atoms with Gasteiger partial charge in [0.1, 0.15) is 6.61 Å². The average Bonchev–Trinajstić information content (AvgIpc) is 3.17. The van der Waals surface area contributed by atoms with Crippen molar-refractivity contribution in [1.82, 2.24) is 5.32 Å². The monoisotopic (exact) mass is 655 g/mol. The molecule has 1 heterocycles. The van der Waals surface area contributed by atoms with E-state index in [9.17, 15) is 13.2 Å². The Bertz CT molecular complexity index is 1560. The van der Waals surface area contributed by atoms with E-state index in [1.54, 1.807) is 30.3 Å². The maximum Gasteiger partial charge on any atom is 0.264 e. The number of sulfonamides is 1. The summed E-state index contributed by atoms with van der Waals surface area (Å²) in [5.41, 5.74) is 1.93. The third-order valence-electron chi connectivity index (χ3n) is 5.06. The van der Waals surface area contributed by atoms with Crippen LogP contribution in [0.4, 0.5) is 5.69 Å². The molecular weight excluding hydrogens is 637 g/mol. The maximum atomic E-state index is 12.6. The number of nitrogens with two attached hydrogens (primary N) is 1. The predicted octanol–water partition coefficient (Wildman–Crippen LogP) is 6.27. The van der Waals surface area contributed by atoms with Crippen molar-refractivity contribution in [2.45, 2.75) is 18.4 Å². The van der Waals surface area contributed by atoms with Gasteiger partial charge in [0, 0.05) is 15.6 Å². The number of hydrogen-bond donors (Lipinski definition) is 2. The standard InChI is InChI=1S/C25H20BrCl2N3O5S2/c1-2-35-21-10-14(9-19(26)23(21)36-13-15-3-4-16(27)12-20(15)28)11-22-24(32)31-25(37-22)30-17-5-7-18(8-6-17)38(29,33)34/h3-12H,2,13H2,1H3,(H2,29,33,34)(H,30,31,32)/b22-11-. The Morgan fingerprint density at radius 3 is 2.50 bits per heavy atom. The van der Waals surface area contributed by atoms with Crippen molar-refractivity contribution in [3.8, 4) is 11.5 Å². The highest BCUT2D eigenvalue weighted by molar-refractivity contribution is 9.10. The van der Waals surface area contributed by atoms with Crippen molar-refractivity contribution in [1.29, 1.82) is 0 Å². The highest BCUT2D eigenvalue weighted by Crippen LogP contribution is 2.39. The van der Waals surface area contributed by atoms with Gasteiger partial charge < -0.3 is 14.8 Å². The summed E-state index contributed by atoms with van der Waals surface area (Å²) in [6, 6.07) is 14.5. The number of benzene rings is 3. The van der Waals surface area contributed by atoms with Crippen LogP contribution in [0.3, 0.4) is 0 Å². The second-order valence-corrected chi connectivity index (χ2v) is 12.1. The zero-order chi connectivity index (χ0) is 27.4. The largest absolute Gasteiger partial charge is 0.490 e. The number of nitrogens with one attached hydrogen (secondary N) is 1. The van der Waals surface area contributed by atoms with Crippen molar-refractivity contribution in [2.24, 2.45) is 10.1 Å². The number of rotatable bonds is 8. The Morgan fingerprint density at radius 2 is 1.84 bits per heavy atom. The first-order chi connectivity index (χ1) is 18.0.